The lowest BCUT2D eigenvalue weighted by atomic mass is 10.2. The van der Waals surface area contributed by atoms with Crippen LogP contribution in [0.5, 0.6) is 5.75 Å². The highest BCUT2D eigenvalue weighted by Crippen LogP contribution is 2.26. The Kier molecular flexibility index (Phi) is 2.76. The van der Waals surface area contributed by atoms with Crippen LogP contribution in [0.1, 0.15) is 5.56 Å². The van der Waals surface area contributed by atoms with Crippen LogP contribution in [0.15, 0.2) is 48.8 Å². The van der Waals surface area contributed by atoms with Crippen molar-refractivity contribution in [1.29, 1.82) is 0 Å². The fraction of sp³-hybridized carbons (Fsp3) is 0.0667. The van der Waals surface area contributed by atoms with Gasteiger partial charge < -0.3 is 10.4 Å². The second-order valence-corrected chi connectivity index (χ2v) is 4.37. The van der Waals surface area contributed by atoms with Gasteiger partial charge >= 0.3 is 0 Å². The molecule has 1 aromatic heterocycles. The van der Waals surface area contributed by atoms with Crippen molar-refractivity contribution in [3.63, 3.8) is 0 Å². The third-order valence-electron chi connectivity index (χ3n) is 3.01. The molecule has 2 N–H and O–H groups in total. The maximum Gasteiger partial charge on any atom is 0.141 e. The number of fused-ring (bicyclic) bond motifs is 1. The quantitative estimate of drug-likeness (QED) is 0.733. The first-order valence-corrected chi connectivity index (χ1v) is 6.00. The number of rotatable bonds is 2. The standard InChI is InChI=1S/C15H13N3O/c1-10-6-7-11(8-14(10)19)18-15-12-4-2-3-5-13(12)16-9-17-15/h2-9,19H,1H3,(H,16,17,18). The zero-order chi connectivity index (χ0) is 13.2. The topological polar surface area (TPSA) is 58.0 Å². The Morgan fingerprint density at radius 3 is 2.74 bits per heavy atom. The molecule has 0 aliphatic carbocycles. The van der Waals surface area contributed by atoms with E-state index < -0.39 is 0 Å². The summed E-state index contributed by atoms with van der Waals surface area (Å²) >= 11 is 0. The van der Waals surface area contributed by atoms with Gasteiger partial charge in [-0.2, -0.15) is 0 Å². The van der Waals surface area contributed by atoms with Crippen molar-refractivity contribution in [2.24, 2.45) is 0 Å². The van der Waals surface area contributed by atoms with Gasteiger partial charge in [-0.25, -0.2) is 9.97 Å². The highest BCUT2D eigenvalue weighted by molar-refractivity contribution is 5.90. The minimum atomic E-state index is 0.267. The van der Waals surface area contributed by atoms with E-state index in [9.17, 15) is 5.11 Å². The van der Waals surface area contributed by atoms with Crippen LogP contribution in [0.3, 0.4) is 0 Å². The Balaban J connectivity index is 2.03. The molecule has 4 heteroatoms. The third kappa shape index (κ3) is 2.20. The Morgan fingerprint density at radius 1 is 1.05 bits per heavy atom. The van der Waals surface area contributed by atoms with E-state index in [4.69, 9.17) is 0 Å². The third-order valence-corrected chi connectivity index (χ3v) is 3.01. The van der Waals surface area contributed by atoms with Gasteiger partial charge in [0.05, 0.1) is 5.52 Å². The SMILES string of the molecule is Cc1ccc(Nc2ncnc3ccccc23)cc1O. The molecule has 3 aromatic rings. The molecule has 19 heavy (non-hydrogen) atoms. The number of aryl methyl sites for hydroxylation is 1. The summed E-state index contributed by atoms with van der Waals surface area (Å²) in [6, 6.07) is 13.3. The lowest BCUT2D eigenvalue weighted by Crippen LogP contribution is -1.95. The highest BCUT2D eigenvalue weighted by atomic mass is 16.3. The van der Waals surface area contributed by atoms with Crippen molar-refractivity contribution in [2.75, 3.05) is 5.32 Å². The fourth-order valence-electron chi connectivity index (χ4n) is 1.93. The average Bonchev–Trinajstić information content (AvgIpc) is 2.43. The van der Waals surface area contributed by atoms with Crippen molar-refractivity contribution in [3.05, 3.63) is 54.4 Å². The van der Waals surface area contributed by atoms with Crippen molar-refractivity contribution in [3.8, 4) is 5.75 Å². The molecule has 0 spiro atoms. The Labute approximate surface area is 110 Å². The normalized spacial score (nSPS) is 10.6. The van der Waals surface area contributed by atoms with E-state index in [0.29, 0.717) is 0 Å². The lowest BCUT2D eigenvalue weighted by molar-refractivity contribution is 0.471. The van der Waals surface area contributed by atoms with E-state index in [1.807, 2.05) is 43.3 Å². The zero-order valence-corrected chi connectivity index (χ0v) is 10.5. The predicted molar refractivity (Wildman–Crippen MR) is 75.7 cm³/mol. The molecule has 0 radical (unpaired) electrons. The van der Waals surface area contributed by atoms with Crippen LogP contribution in [0.25, 0.3) is 10.9 Å². The molecule has 0 fully saturated rings. The van der Waals surface area contributed by atoms with Crippen LogP contribution in [0.4, 0.5) is 11.5 Å². The molecule has 3 rings (SSSR count). The predicted octanol–water partition coefficient (Wildman–Crippen LogP) is 3.39. The summed E-state index contributed by atoms with van der Waals surface area (Å²) in [4.78, 5) is 8.47. The first kappa shape index (κ1) is 11.5. The molecule has 0 atom stereocenters. The van der Waals surface area contributed by atoms with Gasteiger partial charge in [-0.15, -0.1) is 0 Å². The second-order valence-electron chi connectivity index (χ2n) is 4.37. The molecule has 0 aliphatic rings. The Hall–Kier alpha value is -2.62. The van der Waals surface area contributed by atoms with E-state index in [2.05, 4.69) is 15.3 Å². The van der Waals surface area contributed by atoms with Gasteiger partial charge in [-0.1, -0.05) is 18.2 Å². The number of aromatic nitrogens is 2. The van der Waals surface area contributed by atoms with Crippen molar-refractivity contribution in [1.82, 2.24) is 9.97 Å². The van der Waals surface area contributed by atoms with Crippen molar-refractivity contribution < 1.29 is 5.11 Å². The van der Waals surface area contributed by atoms with Crippen LogP contribution in [0, 0.1) is 6.92 Å². The lowest BCUT2D eigenvalue weighted by Gasteiger charge is -2.09. The van der Waals surface area contributed by atoms with Crippen molar-refractivity contribution in [2.45, 2.75) is 6.92 Å². The van der Waals surface area contributed by atoms with Crippen LogP contribution in [-0.4, -0.2) is 15.1 Å². The van der Waals surface area contributed by atoms with Gasteiger partial charge in [-0.05, 0) is 30.7 Å². The summed E-state index contributed by atoms with van der Waals surface area (Å²) in [7, 11) is 0. The molecule has 0 amide bonds. The molecular weight excluding hydrogens is 238 g/mol. The monoisotopic (exact) mass is 251 g/mol. The summed E-state index contributed by atoms with van der Waals surface area (Å²) in [6.07, 6.45) is 1.53. The number of nitrogens with zero attached hydrogens (tertiary/aromatic N) is 2. The smallest absolute Gasteiger partial charge is 0.141 e. The summed E-state index contributed by atoms with van der Waals surface area (Å²) in [5, 5.41) is 13.9. The van der Waals surface area contributed by atoms with Gasteiger partial charge in [0.15, 0.2) is 0 Å². The van der Waals surface area contributed by atoms with E-state index in [-0.39, 0.29) is 5.75 Å². The number of aromatic hydroxyl groups is 1. The van der Waals surface area contributed by atoms with Gasteiger partial charge in [0.2, 0.25) is 0 Å². The minimum absolute atomic E-state index is 0.267. The number of hydrogen-bond acceptors (Lipinski definition) is 4. The number of anilines is 2. The first-order chi connectivity index (χ1) is 9.24. The van der Waals surface area contributed by atoms with Crippen LogP contribution in [0.2, 0.25) is 0 Å². The van der Waals surface area contributed by atoms with E-state index in [1.54, 1.807) is 6.07 Å². The number of hydrogen-bond donors (Lipinski definition) is 2. The number of benzene rings is 2. The van der Waals surface area contributed by atoms with Crippen LogP contribution < -0.4 is 5.32 Å². The molecule has 2 aromatic carbocycles. The maximum atomic E-state index is 9.72. The molecule has 0 bridgehead atoms. The maximum absolute atomic E-state index is 9.72. The van der Waals surface area contributed by atoms with Gasteiger partial charge in [0.25, 0.3) is 0 Å². The summed E-state index contributed by atoms with van der Waals surface area (Å²) < 4.78 is 0. The average molecular weight is 251 g/mol. The fourth-order valence-corrected chi connectivity index (χ4v) is 1.93. The summed E-state index contributed by atoms with van der Waals surface area (Å²) in [5.41, 5.74) is 2.53. The number of phenols is 1. The summed E-state index contributed by atoms with van der Waals surface area (Å²) in [6.45, 7) is 1.86. The minimum Gasteiger partial charge on any atom is -0.508 e. The van der Waals surface area contributed by atoms with E-state index in [0.717, 1.165) is 28.0 Å². The van der Waals surface area contributed by atoms with Gasteiger partial charge in [0.1, 0.15) is 17.9 Å². The van der Waals surface area contributed by atoms with Crippen LogP contribution >= 0.6 is 0 Å². The van der Waals surface area contributed by atoms with E-state index in [1.165, 1.54) is 6.33 Å². The molecule has 0 saturated heterocycles. The number of phenolic OH excluding ortho intramolecular Hbond substituents is 1. The summed E-state index contributed by atoms with van der Waals surface area (Å²) in [5.74, 6) is 0.997. The Bertz CT molecular complexity index is 735. The molecule has 0 aliphatic heterocycles. The zero-order valence-electron chi connectivity index (χ0n) is 10.5. The van der Waals surface area contributed by atoms with Crippen molar-refractivity contribution >= 4 is 22.4 Å². The Morgan fingerprint density at radius 2 is 1.89 bits per heavy atom. The van der Waals surface area contributed by atoms with Gasteiger partial charge in [-0.3, -0.25) is 0 Å². The molecule has 0 unspecified atom stereocenters. The molecular formula is C15H13N3O. The second kappa shape index (κ2) is 4.57. The molecule has 94 valence electrons. The van der Waals surface area contributed by atoms with E-state index >= 15 is 0 Å². The van der Waals surface area contributed by atoms with Gasteiger partial charge in [0, 0.05) is 17.1 Å². The molecule has 4 nitrogen and oxygen atoms in total. The molecule has 0 saturated carbocycles. The number of para-hydroxylation sites is 1. The number of nitrogens with one attached hydrogen (secondary N) is 1. The van der Waals surface area contributed by atoms with Crippen LogP contribution in [-0.2, 0) is 0 Å². The molecule has 1 heterocycles. The highest BCUT2D eigenvalue weighted by Gasteiger charge is 2.04. The first-order valence-electron chi connectivity index (χ1n) is 6.00. The largest absolute Gasteiger partial charge is 0.508 e.